The molecule has 0 unspecified atom stereocenters. The van der Waals surface area contributed by atoms with Crippen molar-refractivity contribution in [1.82, 2.24) is 15.5 Å². The molecule has 1 aliphatic carbocycles. The van der Waals surface area contributed by atoms with E-state index in [1.54, 1.807) is 18.2 Å². The van der Waals surface area contributed by atoms with Gasteiger partial charge in [-0.2, -0.15) is 0 Å². The van der Waals surface area contributed by atoms with Crippen molar-refractivity contribution in [2.75, 3.05) is 11.1 Å². The second-order valence-electron chi connectivity index (χ2n) is 6.71. The Balaban J connectivity index is 1.48. The van der Waals surface area contributed by atoms with Crippen LogP contribution in [0, 0.1) is 17.7 Å². The number of thioether (sulfide) groups is 1. The Morgan fingerprint density at radius 3 is 2.92 bits per heavy atom. The number of aromatic nitrogens is 2. The Morgan fingerprint density at radius 2 is 2.12 bits per heavy atom. The summed E-state index contributed by atoms with van der Waals surface area (Å²) in [5.74, 6) is 1.16. The Kier molecular flexibility index (Phi) is 6.48. The average Bonchev–Trinajstić information content (AvgIpc) is 3.07. The van der Waals surface area contributed by atoms with E-state index < -0.39 is 0 Å². The largest absolute Gasteiger partial charge is 0.352 e. The maximum Gasteiger partial charge on any atom is 0.230 e. The standard InChI is InChI=1S/C18H23FN4OS2/c1-11-6-5-9-14(12(11)2)20-16(24)10-25-18-23-22-17(26-18)21-15-8-4-3-7-13(15)19/h3-4,7-8,11-12,14H,5-6,9-10H2,1-2H3,(H,20,24)(H,21,22)/t11-,12-,14+/m1/s1. The van der Waals surface area contributed by atoms with Crippen LogP contribution in [0.15, 0.2) is 28.6 Å². The molecule has 1 amide bonds. The Bertz CT molecular complexity index is 754. The lowest BCUT2D eigenvalue weighted by atomic mass is 9.78. The van der Waals surface area contributed by atoms with Gasteiger partial charge in [-0.25, -0.2) is 4.39 Å². The molecule has 3 atom stereocenters. The van der Waals surface area contributed by atoms with Crippen LogP contribution in [-0.2, 0) is 4.79 Å². The fraction of sp³-hybridized carbons (Fsp3) is 0.500. The molecule has 8 heteroatoms. The molecule has 2 aromatic rings. The van der Waals surface area contributed by atoms with Crippen LogP contribution in [0.4, 0.5) is 15.2 Å². The van der Waals surface area contributed by atoms with Gasteiger partial charge in [-0.3, -0.25) is 4.79 Å². The maximum atomic E-state index is 13.7. The van der Waals surface area contributed by atoms with Crippen LogP contribution in [0.25, 0.3) is 0 Å². The number of hydrogen-bond donors (Lipinski definition) is 2. The molecule has 1 aromatic heterocycles. The zero-order chi connectivity index (χ0) is 18.5. The Morgan fingerprint density at radius 1 is 1.31 bits per heavy atom. The van der Waals surface area contributed by atoms with Crippen molar-refractivity contribution in [3.05, 3.63) is 30.1 Å². The van der Waals surface area contributed by atoms with Crippen molar-refractivity contribution in [1.29, 1.82) is 0 Å². The minimum atomic E-state index is -0.341. The fourth-order valence-corrected chi connectivity index (χ4v) is 4.73. The molecule has 2 N–H and O–H groups in total. The average molecular weight is 395 g/mol. The van der Waals surface area contributed by atoms with Gasteiger partial charge in [-0.05, 0) is 30.4 Å². The minimum absolute atomic E-state index is 0.0276. The van der Waals surface area contributed by atoms with E-state index in [1.165, 1.54) is 42.0 Å². The smallest absolute Gasteiger partial charge is 0.230 e. The first-order chi connectivity index (χ1) is 12.5. The highest BCUT2D eigenvalue weighted by atomic mass is 32.2. The molecule has 1 heterocycles. The normalized spacial score (nSPS) is 22.8. The lowest BCUT2D eigenvalue weighted by Crippen LogP contribution is -2.44. The molecule has 0 bridgehead atoms. The lowest BCUT2D eigenvalue weighted by molar-refractivity contribution is -0.119. The van der Waals surface area contributed by atoms with Crippen molar-refractivity contribution in [3.8, 4) is 0 Å². The molecule has 0 spiro atoms. The number of rotatable bonds is 6. The van der Waals surface area contributed by atoms with Crippen molar-refractivity contribution < 1.29 is 9.18 Å². The molecule has 26 heavy (non-hydrogen) atoms. The van der Waals surface area contributed by atoms with Gasteiger partial charge in [0.25, 0.3) is 0 Å². The van der Waals surface area contributed by atoms with Gasteiger partial charge in [0.2, 0.25) is 11.0 Å². The van der Waals surface area contributed by atoms with Crippen LogP contribution in [0.1, 0.15) is 33.1 Å². The van der Waals surface area contributed by atoms with E-state index in [-0.39, 0.29) is 17.8 Å². The number of para-hydroxylation sites is 1. The molecule has 3 rings (SSSR count). The number of anilines is 2. The molecule has 0 radical (unpaired) electrons. The number of halogens is 1. The van der Waals surface area contributed by atoms with Crippen LogP contribution in [0.3, 0.4) is 0 Å². The molecule has 140 valence electrons. The zero-order valence-electron chi connectivity index (χ0n) is 14.9. The van der Waals surface area contributed by atoms with E-state index in [0.717, 1.165) is 6.42 Å². The SMILES string of the molecule is C[C@@H]1[C@H](C)CCC[C@@H]1NC(=O)CSc1nnc(Nc2ccccc2F)s1. The molecule has 1 saturated carbocycles. The van der Waals surface area contributed by atoms with E-state index in [1.807, 2.05) is 0 Å². The fourth-order valence-electron chi connectivity index (χ4n) is 3.16. The van der Waals surface area contributed by atoms with Crippen LogP contribution < -0.4 is 10.6 Å². The highest BCUT2D eigenvalue weighted by Crippen LogP contribution is 2.30. The number of carbonyl (C=O) groups is 1. The number of carbonyl (C=O) groups excluding carboxylic acids is 1. The molecular weight excluding hydrogens is 371 g/mol. The van der Waals surface area contributed by atoms with Crippen LogP contribution in [-0.4, -0.2) is 27.9 Å². The number of nitrogens with zero attached hydrogens (tertiary/aromatic N) is 2. The summed E-state index contributed by atoms with van der Waals surface area (Å²) in [6, 6.07) is 6.67. The third kappa shape index (κ3) is 4.94. The maximum absolute atomic E-state index is 13.7. The Hall–Kier alpha value is -1.67. The summed E-state index contributed by atoms with van der Waals surface area (Å²) in [4.78, 5) is 12.2. The van der Waals surface area contributed by atoms with E-state index >= 15 is 0 Å². The highest BCUT2D eigenvalue weighted by molar-refractivity contribution is 8.01. The lowest BCUT2D eigenvalue weighted by Gasteiger charge is -2.34. The summed E-state index contributed by atoms with van der Waals surface area (Å²) in [5.41, 5.74) is 0.360. The van der Waals surface area contributed by atoms with Gasteiger partial charge in [-0.15, -0.1) is 10.2 Å². The van der Waals surface area contributed by atoms with E-state index in [9.17, 15) is 9.18 Å². The van der Waals surface area contributed by atoms with Crippen LogP contribution in [0.5, 0.6) is 0 Å². The topological polar surface area (TPSA) is 66.9 Å². The second kappa shape index (κ2) is 8.81. The van der Waals surface area contributed by atoms with Crippen LogP contribution >= 0.6 is 23.1 Å². The Labute approximate surface area is 161 Å². The van der Waals surface area contributed by atoms with Crippen molar-refractivity contribution in [2.45, 2.75) is 43.5 Å². The summed E-state index contributed by atoms with van der Waals surface area (Å²) in [6.07, 6.45) is 3.47. The first kappa shape index (κ1) is 19.1. The summed E-state index contributed by atoms with van der Waals surface area (Å²) in [6.45, 7) is 4.47. The minimum Gasteiger partial charge on any atom is -0.352 e. The summed E-state index contributed by atoms with van der Waals surface area (Å²) >= 11 is 2.66. The first-order valence-electron chi connectivity index (χ1n) is 8.80. The van der Waals surface area contributed by atoms with Gasteiger partial charge in [-0.1, -0.05) is 61.9 Å². The van der Waals surface area contributed by atoms with Crippen molar-refractivity contribution in [3.63, 3.8) is 0 Å². The molecule has 1 aromatic carbocycles. The molecule has 0 saturated heterocycles. The van der Waals surface area contributed by atoms with Gasteiger partial charge in [0.05, 0.1) is 11.4 Å². The van der Waals surface area contributed by atoms with Gasteiger partial charge >= 0.3 is 0 Å². The van der Waals surface area contributed by atoms with Gasteiger partial charge < -0.3 is 10.6 Å². The number of hydrogen-bond acceptors (Lipinski definition) is 6. The molecule has 0 aliphatic heterocycles. The monoisotopic (exact) mass is 394 g/mol. The molecule has 5 nitrogen and oxygen atoms in total. The third-order valence-electron chi connectivity index (χ3n) is 4.90. The molecule has 1 aliphatic rings. The zero-order valence-corrected chi connectivity index (χ0v) is 16.5. The van der Waals surface area contributed by atoms with E-state index in [2.05, 4.69) is 34.7 Å². The van der Waals surface area contributed by atoms with Gasteiger partial charge in [0.15, 0.2) is 4.34 Å². The van der Waals surface area contributed by atoms with Crippen LogP contribution in [0.2, 0.25) is 0 Å². The molecular formula is C18H23FN4OS2. The number of amides is 1. The van der Waals surface area contributed by atoms with Crippen molar-refractivity contribution in [2.24, 2.45) is 11.8 Å². The number of nitrogens with one attached hydrogen (secondary N) is 2. The van der Waals surface area contributed by atoms with Crippen molar-refractivity contribution >= 4 is 39.8 Å². The molecule has 1 fully saturated rings. The summed E-state index contributed by atoms with van der Waals surface area (Å²) in [5, 5.41) is 14.6. The predicted molar refractivity (Wildman–Crippen MR) is 104 cm³/mol. The summed E-state index contributed by atoms with van der Waals surface area (Å²) < 4.78 is 14.3. The number of benzene rings is 1. The second-order valence-corrected chi connectivity index (χ2v) is 8.91. The van der Waals surface area contributed by atoms with E-state index in [4.69, 9.17) is 0 Å². The van der Waals surface area contributed by atoms with Gasteiger partial charge in [0, 0.05) is 6.04 Å². The quantitative estimate of drug-likeness (QED) is 0.709. The summed E-state index contributed by atoms with van der Waals surface area (Å²) in [7, 11) is 0. The highest BCUT2D eigenvalue weighted by Gasteiger charge is 2.28. The predicted octanol–water partition coefficient (Wildman–Crippen LogP) is 4.45. The first-order valence-corrected chi connectivity index (χ1v) is 10.6. The third-order valence-corrected chi connectivity index (χ3v) is 6.87. The van der Waals surface area contributed by atoms with Gasteiger partial charge in [0.1, 0.15) is 5.82 Å². The van der Waals surface area contributed by atoms with E-state index in [0.29, 0.717) is 32.7 Å².